The summed E-state index contributed by atoms with van der Waals surface area (Å²) in [5, 5.41) is 4.25. The van der Waals surface area contributed by atoms with Gasteiger partial charge in [-0.15, -0.1) is 0 Å². The molecule has 18 heavy (non-hydrogen) atoms. The molecule has 0 aliphatic rings. The van der Waals surface area contributed by atoms with Crippen LogP contribution in [0.5, 0.6) is 0 Å². The van der Waals surface area contributed by atoms with Gasteiger partial charge in [0.2, 0.25) is 0 Å². The number of benzene rings is 1. The Morgan fingerprint density at radius 1 is 1.22 bits per heavy atom. The van der Waals surface area contributed by atoms with Crippen molar-refractivity contribution in [3.8, 4) is 0 Å². The van der Waals surface area contributed by atoms with E-state index in [1.54, 1.807) is 7.11 Å². The molecule has 3 nitrogen and oxygen atoms in total. The molecule has 0 aliphatic heterocycles. The average molecular weight is 272 g/mol. The van der Waals surface area contributed by atoms with Crippen molar-refractivity contribution in [2.45, 2.75) is 19.4 Å². The lowest BCUT2D eigenvalue weighted by molar-refractivity contribution is 0.0693. The van der Waals surface area contributed by atoms with Gasteiger partial charge in [-0.1, -0.05) is 29.8 Å². The number of hydrogen-bond acceptors (Lipinski definition) is 3. The first kappa shape index (κ1) is 15.4. The van der Waals surface area contributed by atoms with Crippen molar-refractivity contribution in [2.24, 2.45) is 0 Å². The van der Waals surface area contributed by atoms with Crippen LogP contribution in [0.25, 0.3) is 0 Å². The summed E-state index contributed by atoms with van der Waals surface area (Å²) >= 11 is 6.14. The Labute approximate surface area is 114 Å². The average Bonchev–Trinajstić information content (AvgIpc) is 2.38. The molecule has 1 rings (SSSR count). The molecule has 0 saturated heterocycles. The predicted molar refractivity (Wildman–Crippen MR) is 75.2 cm³/mol. The van der Waals surface area contributed by atoms with Crippen LogP contribution in [0.3, 0.4) is 0 Å². The van der Waals surface area contributed by atoms with Gasteiger partial charge in [0.05, 0.1) is 13.2 Å². The second kappa shape index (κ2) is 9.34. The fourth-order valence-corrected chi connectivity index (χ4v) is 1.97. The molecule has 0 heterocycles. The van der Waals surface area contributed by atoms with Gasteiger partial charge in [0, 0.05) is 24.8 Å². The van der Waals surface area contributed by atoms with Crippen LogP contribution >= 0.6 is 11.6 Å². The maximum absolute atomic E-state index is 6.14. The Hall–Kier alpha value is -0.610. The monoisotopic (exact) mass is 271 g/mol. The highest BCUT2D eigenvalue weighted by molar-refractivity contribution is 6.31. The zero-order chi connectivity index (χ0) is 13.2. The van der Waals surface area contributed by atoms with Crippen LogP contribution in [-0.2, 0) is 9.47 Å². The number of methoxy groups -OCH3 is 1. The highest BCUT2D eigenvalue weighted by Gasteiger charge is 2.07. The van der Waals surface area contributed by atoms with E-state index in [-0.39, 0.29) is 6.04 Å². The molecule has 0 fully saturated rings. The Bertz CT molecular complexity index is 333. The van der Waals surface area contributed by atoms with Gasteiger partial charge in [0.1, 0.15) is 0 Å². The van der Waals surface area contributed by atoms with Crippen molar-refractivity contribution in [3.63, 3.8) is 0 Å². The molecule has 102 valence electrons. The van der Waals surface area contributed by atoms with Gasteiger partial charge >= 0.3 is 0 Å². The third-order valence-corrected chi connectivity index (χ3v) is 3.06. The minimum Gasteiger partial charge on any atom is -0.382 e. The van der Waals surface area contributed by atoms with E-state index in [1.807, 2.05) is 18.2 Å². The summed E-state index contributed by atoms with van der Waals surface area (Å²) in [6, 6.07) is 8.19. The number of halogens is 1. The van der Waals surface area contributed by atoms with E-state index < -0.39 is 0 Å². The normalized spacial score (nSPS) is 12.6. The quantitative estimate of drug-likeness (QED) is 0.701. The minimum absolute atomic E-state index is 0.262. The maximum atomic E-state index is 6.14. The summed E-state index contributed by atoms with van der Waals surface area (Å²) < 4.78 is 10.3. The Kier molecular flexibility index (Phi) is 8.01. The fraction of sp³-hybridized carbons (Fsp3) is 0.571. The second-order valence-corrected chi connectivity index (χ2v) is 4.56. The lowest BCUT2D eigenvalue weighted by Crippen LogP contribution is -2.21. The first-order valence-corrected chi connectivity index (χ1v) is 6.68. The molecule has 0 saturated carbocycles. The van der Waals surface area contributed by atoms with Gasteiger partial charge in [0.15, 0.2) is 0 Å². The third-order valence-electron chi connectivity index (χ3n) is 2.72. The summed E-state index contributed by atoms with van der Waals surface area (Å²) in [7, 11) is 1.68. The molecule has 0 amide bonds. The molecular formula is C14H22ClNO2. The Balaban J connectivity index is 2.14. The first-order chi connectivity index (χ1) is 8.75. The molecule has 0 aliphatic carbocycles. The molecule has 4 heteroatoms. The highest BCUT2D eigenvalue weighted by Crippen LogP contribution is 2.21. The predicted octanol–water partition coefficient (Wildman–Crippen LogP) is 3.04. The van der Waals surface area contributed by atoms with Crippen molar-refractivity contribution in [3.05, 3.63) is 34.9 Å². The molecule has 1 N–H and O–H groups in total. The van der Waals surface area contributed by atoms with E-state index in [9.17, 15) is 0 Å². The lowest BCUT2D eigenvalue weighted by atomic mass is 10.1. The van der Waals surface area contributed by atoms with Crippen molar-refractivity contribution in [1.29, 1.82) is 0 Å². The molecule has 0 radical (unpaired) electrons. The molecular weight excluding hydrogens is 250 g/mol. The molecule has 1 aromatic rings. The van der Waals surface area contributed by atoms with Crippen LogP contribution in [0, 0.1) is 0 Å². The summed E-state index contributed by atoms with van der Waals surface area (Å²) in [6.07, 6.45) is 0.985. The zero-order valence-corrected chi connectivity index (χ0v) is 11.9. The highest BCUT2D eigenvalue weighted by atomic mass is 35.5. The van der Waals surface area contributed by atoms with Crippen LogP contribution < -0.4 is 5.32 Å². The second-order valence-electron chi connectivity index (χ2n) is 4.16. The van der Waals surface area contributed by atoms with Crippen LogP contribution in [0.1, 0.15) is 24.9 Å². The molecule has 1 aromatic carbocycles. The van der Waals surface area contributed by atoms with E-state index >= 15 is 0 Å². The summed E-state index contributed by atoms with van der Waals surface area (Å²) in [4.78, 5) is 0. The van der Waals surface area contributed by atoms with E-state index in [0.29, 0.717) is 13.2 Å². The topological polar surface area (TPSA) is 30.5 Å². The zero-order valence-electron chi connectivity index (χ0n) is 11.1. The van der Waals surface area contributed by atoms with Crippen LogP contribution in [0.4, 0.5) is 0 Å². The van der Waals surface area contributed by atoms with Crippen molar-refractivity contribution >= 4 is 11.6 Å². The summed E-state index contributed by atoms with van der Waals surface area (Å²) in [5.74, 6) is 0. The van der Waals surface area contributed by atoms with Gasteiger partial charge in [-0.3, -0.25) is 0 Å². The molecule has 0 aromatic heterocycles. The van der Waals surface area contributed by atoms with Crippen molar-refractivity contribution in [1.82, 2.24) is 5.32 Å². The standard InChI is InChI=1S/C14H22ClNO2/c1-12(13-6-3-4-7-14(13)15)16-8-5-9-18-11-10-17-2/h3-4,6-7,12,16H,5,8-11H2,1-2H3/t12-/m1/s1. The maximum Gasteiger partial charge on any atom is 0.0700 e. The van der Waals surface area contributed by atoms with Crippen molar-refractivity contribution in [2.75, 3.05) is 33.5 Å². The van der Waals surface area contributed by atoms with E-state index in [2.05, 4.69) is 18.3 Å². The first-order valence-electron chi connectivity index (χ1n) is 6.30. The van der Waals surface area contributed by atoms with Crippen molar-refractivity contribution < 1.29 is 9.47 Å². The van der Waals surface area contributed by atoms with Crippen LogP contribution in [0.2, 0.25) is 5.02 Å². The van der Waals surface area contributed by atoms with E-state index in [4.69, 9.17) is 21.1 Å². The minimum atomic E-state index is 0.262. The number of hydrogen-bond donors (Lipinski definition) is 1. The smallest absolute Gasteiger partial charge is 0.0700 e. The third kappa shape index (κ3) is 5.83. The summed E-state index contributed by atoms with van der Waals surface area (Å²) in [6.45, 7) is 5.11. The van der Waals surface area contributed by atoms with E-state index in [1.165, 1.54) is 0 Å². The SMILES string of the molecule is COCCOCCCN[C@H](C)c1ccccc1Cl. The van der Waals surface area contributed by atoms with Crippen LogP contribution in [0.15, 0.2) is 24.3 Å². The number of nitrogens with one attached hydrogen (secondary N) is 1. The largest absolute Gasteiger partial charge is 0.382 e. The van der Waals surface area contributed by atoms with Gasteiger partial charge in [-0.05, 0) is 31.5 Å². The summed E-state index contributed by atoms with van der Waals surface area (Å²) in [5.41, 5.74) is 1.14. The fourth-order valence-electron chi connectivity index (χ4n) is 1.67. The molecule has 0 spiro atoms. The lowest BCUT2D eigenvalue weighted by Gasteiger charge is -2.15. The van der Waals surface area contributed by atoms with E-state index in [0.717, 1.165) is 30.2 Å². The molecule has 0 unspecified atom stereocenters. The van der Waals surface area contributed by atoms with Gasteiger partial charge in [0.25, 0.3) is 0 Å². The molecule has 1 atom stereocenters. The Morgan fingerprint density at radius 3 is 2.72 bits per heavy atom. The number of ether oxygens (including phenoxy) is 2. The van der Waals surface area contributed by atoms with Crippen LogP contribution in [-0.4, -0.2) is 33.5 Å². The van der Waals surface area contributed by atoms with Gasteiger partial charge in [-0.2, -0.15) is 0 Å². The van der Waals surface area contributed by atoms with Gasteiger partial charge in [-0.25, -0.2) is 0 Å². The van der Waals surface area contributed by atoms with Gasteiger partial charge < -0.3 is 14.8 Å². The number of rotatable bonds is 9. The molecule has 0 bridgehead atoms. The Morgan fingerprint density at radius 2 is 2.00 bits per heavy atom.